The SMILES string of the molecule is N#CCN(C(=O)O)c1cc(N2CCC(F)(F)CC2)cc(COC2CCCCO2)n1. The standard InChI is InChI=1S/C19H24F2N4O4/c20-19(21)4-7-24(8-5-19)15-11-14(13-29-17-3-1-2-10-28-17)23-16(12-15)25(9-6-22)18(26)27/h11-12,17H,1-5,7-10,13H2,(H,26,27). The molecule has 0 bridgehead atoms. The Hall–Kier alpha value is -2.51. The molecule has 1 aromatic rings. The third-order valence-electron chi connectivity index (χ3n) is 5.00. The Morgan fingerprint density at radius 3 is 2.79 bits per heavy atom. The number of nitriles is 1. The molecular weight excluding hydrogens is 386 g/mol. The fraction of sp³-hybridized carbons (Fsp3) is 0.632. The quantitative estimate of drug-likeness (QED) is 0.718. The smallest absolute Gasteiger partial charge is 0.413 e. The highest BCUT2D eigenvalue weighted by molar-refractivity contribution is 5.86. The molecule has 158 valence electrons. The van der Waals surface area contributed by atoms with E-state index in [-0.39, 0.29) is 44.6 Å². The molecule has 2 aliphatic heterocycles. The molecule has 0 saturated carbocycles. The van der Waals surface area contributed by atoms with Crippen LogP contribution in [0.5, 0.6) is 0 Å². The van der Waals surface area contributed by atoms with Gasteiger partial charge >= 0.3 is 6.09 Å². The van der Waals surface area contributed by atoms with Crippen LogP contribution in [0.4, 0.5) is 25.1 Å². The van der Waals surface area contributed by atoms with E-state index < -0.39 is 18.6 Å². The van der Waals surface area contributed by atoms with E-state index in [0.29, 0.717) is 18.0 Å². The molecule has 1 N–H and O–H groups in total. The van der Waals surface area contributed by atoms with Crippen LogP contribution >= 0.6 is 0 Å². The highest BCUT2D eigenvalue weighted by Gasteiger charge is 2.34. The van der Waals surface area contributed by atoms with Crippen LogP contribution in [0, 0.1) is 11.3 Å². The number of pyridine rings is 1. The van der Waals surface area contributed by atoms with Crippen molar-refractivity contribution in [3.05, 3.63) is 17.8 Å². The summed E-state index contributed by atoms with van der Waals surface area (Å²) in [4.78, 5) is 18.5. The van der Waals surface area contributed by atoms with Gasteiger partial charge in [-0.05, 0) is 25.3 Å². The maximum Gasteiger partial charge on any atom is 0.413 e. The maximum absolute atomic E-state index is 13.5. The van der Waals surface area contributed by atoms with Crippen LogP contribution in [0.2, 0.25) is 0 Å². The number of piperidine rings is 1. The Balaban J connectivity index is 1.82. The highest BCUT2D eigenvalue weighted by atomic mass is 19.3. The number of ether oxygens (including phenoxy) is 2. The summed E-state index contributed by atoms with van der Waals surface area (Å²) in [6.45, 7) is 0.618. The summed E-state index contributed by atoms with van der Waals surface area (Å²) in [5.74, 6) is -2.62. The molecule has 8 nitrogen and oxygen atoms in total. The van der Waals surface area contributed by atoms with Crippen LogP contribution in [-0.4, -0.2) is 54.6 Å². The van der Waals surface area contributed by atoms with Gasteiger partial charge in [-0.3, -0.25) is 0 Å². The molecule has 3 rings (SSSR count). The third-order valence-corrected chi connectivity index (χ3v) is 5.00. The zero-order chi connectivity index (χ0) is 20.9. The topological polar surface area (TPSA) is 98.9 Å². The summed E-state index contributed by atoms with van der Waals surface area (Å²) < 4.78 is 38.3. The van der Waals surface area contributed by atoms with Crippen LogP contribution in [0.3, 0.4) is 0 Å². The zero-order valence-corrected chi connectivity index (χ0v) is 16.0. The Morgan fingerprint density at radius 2 is 2.17 bits per heavy atom. The Morgan fingerprint density at radius 1 is 1.41 bits per heavy atom. The maximum atomic E-state index is 13.5. The Kier molecular flexibility index (Phi) is 6.82. The van der Waals surface area contributed by atoms with Crippen molar-refractivity contribution in [3.8, 4) is 6.07 Å². The van der Waals surface area contributed by atoms with Crippen molar-refractivity contribution in [2.75, 3.05) is 36.0 Å². The van der Waals surface area contributed by atoms with Crippen molar-refractivity contribution in [2.24, 2.45) is 0 Å². The van der Waals surface area contributed by atoms with Gasteiger partial charge in [0, 0.05) is 44.3 Å². The number of aromatic nitrogens is 1. The van der Waals surface area contributed by atoms with E-state index in [1.807, 2.05) is 0 Å². The average molecular weight is 410 g/mol. The summed E-state index contributed by atoms with van der Waals surface area (Å²) in [7, 11) is 0. The van der Waals surface area contributed by atoms with Crippen LogP contribution in [-0.2, 0) is 16.1 Å². The van der Waals surface area contributed by atoms with Crippen molar-refractivity contribution in [3.63, 3.8) is 0 Å². The predicted octanol–water partition coefficient (Wildman–Crippen LogP) is 3.37. The number of carbonyl (C=O) groups is 1. The van der Waals surface area contributed by atoms with Crippen LogP contribution in [0.15, 0.2) is 12.1 Å². The third kappa shape index (κ3) is 5.74. The minimum atomic E-state index is -2.69. The molecular formula is C19H24F2N4O4. The molecule has 0 aromatic carbocycles. The minimum Gasteiger partial charge on any atom is -0.465 e. The fourth-order valence-corrected chi connectivity index (χ4v) is 3.38. The van der Waals surface area contributed by atoms with Gasteiger partial charge in [0.25, 0.3) is 5.92 Å². The minimum absolute atomic E-state index is 0.0667. The normalized spacial score (nSPS) is 21.4. The number of nitrogens with zero attached hydrogens (tertiary/aromatic N) is 4. The first-order valence-corrected chi connectivity index (χ1v) is 9.62. The second-order valence-electron chi connectivity index (χ2n) is 7.15. The summed E-state index contributed by atoms with van der Waals surface area (Å²) in [6, 6.07) is 5.02. The van der Waals surface area contributed by atoms with E-state index in [1.165, 1.54) is 6.07 Å². The van der Waals surface area contributed by atoms with E-state index in [1.54, 1.807) is 17.0 Å². The molecule has 29 heavy (non-hydrogen) atoms. The van der Waals surface area contributed by atoms with E-state index >= 15 is 0 Å². The molecule has 0 spiro atoms. The lowest BCUT2D eigenvalue weighted by molar-refractivity contribution is -0.169. The predicted molar refractivity (Wildman–Crippen MR) is 100.0 cm³/mol. The van der Waals surface area contributed by atoms with Crippen molar-refractivity contribution in [1.29, 1.82) is 5.26 Å². The van der Waals surface area contributed by atoms with Gasteiger partial charge in [0.1, 0.15) is 12.4 Å². The Labute approximate surface area is 167 Å². The number of halogens is 2. The Bertz CT molecular complexity index is 755. The lowest BCUT2D eigenvalue weighted by Crippen LogP contribution is -2.39. The van der Waals surface area contributed by atoms with Crippen molar-refractivity contribution >= 4 is 17.6 Å². The second kappa shape index (κ2) is 9.33. The lowest BCUT2D eigenvalue weighted by Gasteiger charge is -2.34. The number of alkyl halides is 2. The van der Waals surface area contributed by atoms with Gasteiger partial charge in [-0.25, -0.2) is 23.5 Å². The number of carboxylic acid groups (broad SMARTS) is 1. The van der Waals surface area contributed by atoms with Crippen LogP contribution < -0.4 is 9.80 Å². The molecule has 2 aliphatic rings. The summed E-state index contributed by atoms with van der Waals surface area (Å²) >= 11 is 0. The van der Waals surface area contributed by atoms with Gasteiger partial charge in [0.05, 0.1) is 18.4 Å². The van der Waals surface area contributed by atoms with Gasteiger partial charge in [-0.15, -0.1) is 0 Å². The van der Waals surface area contributed by atoms with Gasteiger partial charge < -0.3 is 19.5 Å². The van der Waals surface area contributed by atoms with E-state index in [2.05, 4.69) is 4.98 Å². The number of amides is 1. The average Bonchev–Trinajstić information content (AvgIpc) is 2.70. The first-order valence-electron chi connectivity index (χ1n) is 9.62. The number of anilines is 2. The highest BCUT2D eigenvalue weighted by Crippen LogP contribution is 2.32. The van der Waals surface area contributed by atoms with E-state index in [4.69, 9.17) is 14.7 Å². The molecule has 1 atom stereocenters. The first-order chi connectivity index (χ1) is 13.9. The van der Waals surface area contributed by atoms with E-state index in [0.717, 1.165) is 24.2 Å². The largest absolute Gasteiger partial charge is 0.465 e. The molecule has 1 unspecified atom stereocenters. The number of hydrogen-bond acceptors (Lipinski definition) is 6. The van der Waals surface area contributed by atoms with E-state index in [9.17, 15) is 18.7 Å². The molecule has 1 aromatic heterocycles. The lowest BCUT2D eigenvalue weighted by atomic mass is 10.1. The summed E-state index contributed by atoms with van der Waals surface area (Å²) in [6.07, 6.45) is 0.549. The molecule has 0 aliphatic carbocycles. The second-order valence-corrected chi connectivity index (χ2v) is 7.15. The monoisotopic (exact) mass is 410 g/mol. The molecule has 3 heterocycles. The summed E-state index contributed by atoms with van der Waals surface area (Å²) in [5.41, 5.74) is 1.03. The zero-order valence-electron chi connectivity index (χ0n) is 16.0. The van der Waals surface area contributed by atoms with Crippen molar-refractivity contribution in [2.45, 2.75) is 50.9 Å². The molecule has 2 fully saturated rings. The van der Waals surface area contributed by atoms with Crippen molar-refractivity contribution in [1.82, 2.24) is 4.98 Å². The van der Waals surface area contributed by atoms with Crippen LogP contribution in [0.25, 0.3) is 0 Å². The number of rotatable bonds is 6. The molecule has 0 radical (unpaired) electrons. The molecule has 1 amide bonds. The van der Waals surface area contributed by atoms with Crippen LogP contribution in [0.1, 0.15) is 37.8 Å². The van der Waals surface area contributed by atoms with Gasteiger partial charge in [-0.1, -0.05) is 0 Å². The van der Waals surface area contributed by atoms with Gasteiger partial charge in [-0.2, -0.15) is 5.26 Å². The fourth-order valence-electron chi connectivity index (χ4n) is 3.38. The van der Waals surface area contributed by atoms with Crippen molar-refractivity contribution < 1.29 is 28.2 Å². The number of hydrogen-bond donors (Lipinski definition) is 1. The molecule has 2 saturated heterocycles. The summed E-state index contributed by atoms with van der Waals surface area (Å²) in [5, 5.41) is 18.4. The molecule has 10 heteroatoms. The first kappa shape index (κ1) is 21.2. The van der Waals surface area contributed by atoms with Gasteiger partial charge in [0.15, 0.2) is 6.29 Å². The van der Waals surface area contributed by atoms with Gasteiger partial charge in [0.2, 0.25) is 0 Å².